The number of amidine groups is 2. The molecular formula is C16H18FN5O2. The number of benzene rings is 1. The van der Waals surface area contributed by atoms with Gasteiger partial charge in [0, 0.05) is 18.9 Å². The third-order valence-electron chi connectivity index (χ3n) is 3.86. The summed E-state index contributed by atoms with van der Waals surface area (Å²) in [6, 6.07) is 4.53. The van der Waals surface area contributed by atoms with Crippen molar-refractivity contribution in [3.63, 3.8) is 0 Å². The molecule has 1 aromatic heterocycles. The van der Waals surface area contributed by atoms with Gasteiger partial charge in [0.1, 0.15) is 17.8 Å². The van der Waals surface area contributed by atoms with Crippen LogP contribution in [0.15, 0.2) is 38.9 Å². The van der Waals surface area contributed by atoms with Crippen LogP contribution in [0.3, 0.4) is 0 Å². The molecular weight excluding hydrogens is 313 g/mol. The minimum Gasteiger partial charge on any atom is -0.465 e. The van der Waals surface area contributed by atoms with Gasteiger partial charge in [-0.1, -0.05) is 0 Å². The van der Waals surface area contributed by atoms with E-state index in [0.29, 0.717) is 35.9 Å². The minimum atomic E-state index is -0.808. The molecule has 3 rings (SSSR count). The Bertz CT molecular complexity index is 830. The first-order valence-electron chi connectivity index (χ1n) is 7.42. The summed E-state index contributed by atoms with van der Waals surface area (Å²) in [5.74, 6) is 0.290. The number of nitrogens with zero attached hydrogens (tertiary/aromatic N) is 3. The van der Waals surface area contributed by atoms with Crippen molar-refractivity contribution in [2.75, 3.05) is 6.61 Å². The average Bonchev–Trinajstić information content (AvgIpc) is 2.95. The van der Waals surface area contributed by atoms with Crippen molar-refractivity contribution in [1.29, 1.82) is 0 Å². The van der Waals surface area contributed by atoms with Crippen molar-refractivity contribution < 1.29 is 13.5 Å². The molecule has 0 radical (unpaired) electrons. The lowest BCUT2D eigenvalue weighted by molar-refractivity contribution is 0.215. The van der Waals surface area contributed by atoms with Crippen LogP contribution < -0.4 is 11.5 Å². The van der Waals surface area contributed by atoms with E-state index in [1.807, 2.05) is 0 Å². The summed E-state index contributed by atoms with van der Waals surface area (Å²) in [4.78, 5) is 12.6. The smallest absolute Gasteiger partial charge is 0.282 e. The minimum absolute atomic E-state index is 0.0506. The molecule has 0 aliphatic carbocycles. The van der Waals surface area contributed by atoms with Crippen LogP contribution >= 0.6 is 0 Å². The van der Waals surface area contributed by atoms with Crippen LogP contribution in [0, 0.1) is 12.7 Å². The molecule has 0 unspecified atom stereocenters. The Balaban J connectivity index is 1.99. The second kappa shape index (κ2) is 5.95. The van der Waals surface area contributed by atoms with Gasteiger partial charge in [-0.2, -0.15) is 0 Å². The van der Waals surface area contributed by atoms with Crippen LogP contribution in [-0.4, -0.2) is 23.4 Å². The zero-order chi connectivity index (χ0) is 17.3. The largest absolute Gasteiger partial charge is 0.465 e. The summed E-state index contributed by atoms with van der Waals surface area (Å²) in [7, 11) is 0. The molecule has 0 spiro atoms. The Labute approximate surface area is 138 Å². The first kappa shape index (κ1) is 16.0. The predicted molar refractivity (Wildman–Crippen MR) is 87.6 cm³/mol. The summed E-state index contributed by atoms with van der Waals surface area (Å²) in [6.07, 6.45) is 1.93. The summed E-state index contributed by atoms with van der Waals surface area (Å²) < 4.78 is 24.6. The first-order chi connectivity index (χ1) is 11.4. The second-order valence-corrected chi connectivity index (χ2v) is 5.74. The van der Waals surface area contributed by atoms with E-state index in [0.717, 1.165) is 0 Å². The maximum Gasteiger partial charge on any atom is 0.282 e. The predicted octanol–water partition coefficient (Wildman–Crippen LogP) is 2.11. The fraction of sp³-hybridized carbons (Fsp3) is 0.312. The number of aryl methyl sites for hydroxylation is 1. The quantitative estimate of drug-likeness (QED) is 0.661. The molecule has 0 bridgehead atoms. The SMILES string of the molecule is Cc1nc(C(N)=Nc2ccc(F)c([C@]3(C)CCOC(N)=N3)c2)co1. The zero-order valence-corrected chi connectivity index (χ0v) is 13.4. The fourth-order valence-corrected chi connectivity index (χ4v) is 2.55. The molecule has 8 heteroatoms. The lowest BCUT2D eigenvalue weighted by atomic mass is 9.88. The van der Waals surface area contributed by atoms with Crippen LogP contribution in [0.5, 0.6) is 0 Å². The number of oxazole rings is 1. The highest BCUT2D eigenvalue weighted by atomic mass is 19.1. The van der Waals surface area contributed by atoms with Gasteiger partial charge in [-0.15, -0.1) is 0 Å². The molecule has 4 N–H and O–H groups in total. The van der Waals surface area contributed by atoms with Gasteiger partial charge in [-0.05, 0) is 25.1 Å². The summed E-state index contributed by atoms with van der Waals surface area (Å²) in [6.45, 7) is 3.89. The molecule has 1 aliphatic heterocycles. The van der Waals surface area contributed by atoms with Crippen molar-refractivity contribution in [1.82, 2.24) is 4.98 Å². The topological polar surface area (TPSA) is 112 Å². The maximum absolute atomic E-state index is 14.3. The van der Waals surface area contributed by atoms with Crippen molar-refractivity contribution in [3.05, 3.63) is 47.4 Å². The van der Waals surface area contributed by atoms with Gasteiger partial charge < -0.3 is 20.6 Å². The van der Waals surface area contributed by atoms with Gasteiger partial charge in [-0.25, -0.2) is 19.4 Å². The summed E-state index contributed by atoms with van der Waals surface area (Å²) in [5.41, 5.74) is 12.1. The molecule has 1 atom stereocenters. The number of nitrogens with two attached hydrogens (primary N) is 2. The molecule has 1 aromatic carbocycles. The van der Waals surface area contributed by atoms with Gasteiger partial charge in [0.15, 0.2) is 11.7 Å². The summed E-state index contributed by atoms with van der Waals surface area (Å²) in [5, 5.41) is 0. The van der Waals surface area contributed by atoms with E-state index in [-0.39, 0.29) is 17.7 Å². The van der Waals surface area contributed by atoms with Crippen molar-refractivity contribution in [2.24, 2.45) is 21.5 Å². The Kier molecular flexibility index (Phi) is 3.96. The number of hydrogen-bond acceptors (Lipinski definition) is 6. The Hall–Kier alpha value is -2.90. The monoisotopic (exact) mass is 331 g/mol. The van der Waals surface area contributed by atoms with Crippen LogP contribution in [0.4, 0.5) is 10.1 Å². The molecule has 2 aromatic rings. The fourth-order valence-electron chi connectivity index (χ4n) is 2.55. The third-order valence-corrected chi connectivity index (χ3v) is 3.86. The lowest BCUT2D eigenvalue weighted by Gasteiger charge is -2.30. The van der Waals surface area contributed by atoms with Gasteiger partial charge in [0.25, 0.3) is 6.02 Å². The van der Waals surface area contributed by atoms with E-state index >= 15 is 0 Å². The first-order valence-corrected chi connectivity index (χ1v) is 7.42. The number of hydrogen-bond donors (Lipinski definition) is 2. The van der Waals surface area contributed by atoms with E-state index in [1.165, 1.54) is 18.4 Å². The number of rotatable bonds is 3. The van der Waals surface area contributed by atoms with Crippen molar-refractivity contribution >= 4 is 17.5 Å². The van der Waals surface area contributed by atoms with E-state index < -0.39 is 5.54 Å². The Morgan fingerprint density at radius 2 is 2.21 bits per heavy atom. The third kappa shape index (κ3) is 3.08. The summed E-state index contributed by atoms with van der Waals surface area (Å²) >= 11 is 0. The molecule has 0 saturated heterocycles. The molecule has 0 fully saturated rings. The molecule has 7 nitrogen and oxygen atoms in total. The van der Waals surface area contributed by atoms with Crippen molar-refractivity contribution in [2.45, 2.75) is 25.8 Å². The van der Waals surface area contributed by atoms with E-state index in [2.05, 4.69) is 15.0 Å². The molecule has 24 heavy (non-hydrogen) atoms. The van der Waals surface area contributed by atoms with Gasteiger partial charge in [-0.3, -0.25) is 0 Å². The Morgan fingerprint density at radius 1 is 1.42 bits per heavy atom. The second-order valence-electron chi connectivity index (χ2n) is 5.74. The van der Waals surface area contributed by atoms with Gasteiger partial charge in [0.2, 0.25) is 0 Å². The maximum atomic E-state index is 14.3. The van der Waals surface area contributed by atoms with E-state index in [1.54, 1.807) is 19.9 Å². The average molecular weight is 331 g/mol. The van der Waals surface area contributed by atoms with Crippen LogP contribution in [-0.2, 0) is 10.3 Å². The van der Waals surface area contributed by atoms with Crippen LogP contribution in [0.1, 0.15) is 30.5 Å². The molecule has 2 heterocycles. The standard InChI is InChI=1S/C16H18FN5O2/c1-9-20-13(8-24-9)14(18)21-10-3-4-12(17)11(7-10)16(2)5-6-23-15(19)22-16/h3-4,7-8H,5-6H2,1-2H3,(H2,18,21)(H2,19,22)/t16-/m0/s1. The number of aromatic nitrogens is 1. The van der Waals surface area contributed by atoms with E-state index in [4.69, 9.17) is 20.6 Å². The number of aliphatic imine (C=N–C) groups is 2. The lowest BCUT2D eigenvalue weighted by Crippen LogP contribution is -2.34. The molecule has 0 amide bonds. The molecule has 1 aliphatic rings. The van der Waals surface area contributed by atoms with Gasteiger partial charge >= 0.3 is 0 Å². The van der Waals surface area contributed by atoms with Gasteiger partial charge in [0.05, 0.1) is 17.8 Å². The normalized spacial score (nSPS) is 21.3. The highest BCUT2D eigenvalue weighted by molar-refractivity contribution is 5.97. The highest BCUT2D eigenvalue weighted by Crippen LogP contribution is 2.35. The molecule has 0 saturated carbocycles. The van der Waals surface area contributed by atoms with Crippen LogP contribution in [0.25, 0.3) is 0 Å². The number of ether oxygens (including phenoxy) is 1. The highest BCUT2D eigenvalue weighted by Gasteiger charge is 2.32. The zero-order valence-electron chi connectivity index (χ0n) is 13.4. The van der Waals surface area contributed by atoms with Crippen LogP contribution in [0.2, 0.25) is 0 Å². The van der Waals surface area contributed by atoms with E-state index in [9.17, 15) is 4.39 Å². The number of halogens is 1. The Morgan fingerprint density at radius 3 is 2.88 bits per heavy atom. The molecule has 126 valence electrons. The van der Waals surface area contributed by atoms with Crippen molar-refractivity contribution in [3.8, 4) is 0 Å².